The molecule has 1 aliphatic rings. The molecule has 1 aliphatic carbocycles. The zero-order valence-electron chi connectivity index (χ0n) is 10.3. The van der Waals surface area contributed by atoms with Crippen LogP contribution in [0.5, 0.6) is 5.88 Å². The molecule has 1 aromatic rings. The van der Waals surface area contributed by atoms with Gasteiger partial charge in [0.2, 0.25) is 5.88 Å². The van der Waals surface area contributed by atoms with Gasteiger partial charge < -0.3 is 15.4 Å². The molecule has 0 bridgehead atoms. The molecule has 0 unspecified atom stereocenters. The average Bonchev–Trinajstić information content (AvgIpc) is 3.19. The summed E-state index contributed by atoms with van der Waals surface area (Å²) < 4.78 is 5.46. The zero-order valence-corrected chi connectivity index (χ0v) is 11.1. The quantitative estimate of drug-likeness (QED) is 0.482. The van der Waals surface area contributed by atoms with Crippen molar-refractivity contribution in [2.24, 2.45) is 4.99 Å². The summed E-state index contributed by atoms with van der Waals surface area (Å²) >= 11 is 5.93. The van der Waals surface area contributed by atoms with E-state index in [0.29, 0.717) is 30.1 Å². The number of guanidine groups is 1. The molecule has 1 aromatic heterocycles. The Morgan fingerprint density at radius 3 is 3.11 bits per heavy atom. The number of aromatic nitrogens is 1. The Hall–Kier alpha value is -1.49. The van der Waals surface area contributed by atoms with Gasteiger partial charge in [0.1, 0.15) is 11.6 Å². The maximum absolute atomic E-state index is 5.93. The number of ether oxygens (including phenoxy) is 1. The lowest BCUT2D eigenvalue weighted by atomic mass is 10.5. The summed E-state index contributed by atoms with van der Waals surface area (Å²) in [5.74, 6) is 1.28. The molecule has 2 rings (SSSR count). The molecule has 98 valence electrons. The van der Waals surface area contributed by atoms with Crippen molar-refractivity contribution in [3.63, 3.8) is 0 Å². The van der Waals surface area contributed by atoms with Gasteiger partial charge in [-0.1, -0.05) is 11.6 Å². The normalized spacial score (nSPS) is 15.3. The number of rotatable bonds is 5. The van der Waals surface area contributed by atoms with Gasteiger partial charge in [0.15, 0.2) is 5.96 Å². The first-order valence-electron chi connectivity index (χ1n) is 6.00. The van der Waals surface area contributed by atoms with Crippen LogP contribution in [0, 0.1) is 0 Å². The summed E-state index contributed by atoms with van der Waals surface area (Å²) in [6.45, 7) is 1.14. The van der Waals surface area contributed by atoms with Crippen LogP contribution in [0.15, 0.2) is 23.3 Å². The minimum absolute atomic E-state index is 0.464. The van der Waals surface area contributed by atoms with Crippen molar-refractivity contribution in [1.29, 1.82) is 0 Å². The van der Waals surface area contributed by atoms with E-state index >= 15 is 0 Å². The van der Waals surface area contributed by atoms with Crippen LogP contribution in [0.4, 0.5) is 0 Å². The van der Waals surface area contributed by atoms with E-state index in [1.165, 1.54) is 12.8 Å². The van der Waals surface area contributed by atoms with Gasteiger partial charge in [0.25, 0.3) is 0 Å². The van der Waals surface area contributed by atoms with Crippen molar-refractivity contribution in [1.82, 2.24) is 15.6 Å². The number of hydrogen-bond donors (Lipinski definition) is 2. The molecular weight excluding hydrogens is 252 g/mol. The first kappa shape index (κ1) is 13.0. The summed E-state index contributed by atoms with van der Waals surface area (Å²) in [5.41, 5.74) is 0. The van der Waals surface area contributed by atoms with Gasteiger partial charge in [-0.05, 0) is 25.0 Å². The first-order chi connectivity index (χ1) is 8.79. The Bertz CT molecular complexity index is 420. The van der Waals surface area contributed by atoms with E-state index in [0.717, 1.165) is 5.96 Å². The van der Waals surface area contributed by atoms with Crippen molar-refractivity contribution < 1.29 is 4.74 Å². The third-order valence-corrected chi connectivity index (χ3v) is 2.79. The highest BCUT2D eigenvalue weighted by Crippen LogP contribution is 2.19. The largest absolute Gasteiger partial charge is 0.475 e. The van der Waals surface area contributed by atoms with E-state index in [1.54, 1.807) is 25.4 Å². The predicted octanol–water partition coefficient (Wildman–Crippen LogP) is 1.44. The van der Waals surface area contributed by atoms with E-state index in [9.17, 15) is 0 Å². The molecule has 0 aliphatic heterocycles. The fourth-order valence-corrected chi connectivity index (χ4v) is 1.59. The van der Waals surface area contributed by atoms with Gasteiger partial charge in [-0.3, -0.25) is 4.99 Å². The van der Waals surface area contributed by atoms with Crippen molar-refractivity contribution in [3.8, 4) is 5.88 Å². The highest BCUT2D eigenvalue weighted by atomic mass is 35.5. The summed E-state index contributed by atoms with van der Waals surface area (Å²) in [6.07, 6.45) is 4.10. The fraction of sp³-hybridized carbons (Fsp3) is 0.500. The number of hydrogen-bond acceptors (Lipinski definition) is 3. The van der Waals surface area contributed by atoms with Crippen LogP contribution in [0.25, 0.3) is 0 Å². The van der Waals surface area contributed by atoms with Crippen LogP contribution < -0.4 is 15.4 Å². The number of halogens is 1. The van der Waals surface area contributed by atoms with Gasteiger partial charge in [-0.25, -0.2) is 4.98 Å². The van der Waals surface area contributed by atoms with Crippen LogP contribution >= 0.6 is 11.6 Å². The van der Waals surface area contributed by atoms with Crippen molar-refractivity contribution in [3.05, 3.63) is 23.4 Å². The van der Waals surface area contributed by atoms with Crippen molar-refractivity contribution in [2.45, 2.75) is 18.9 Å². The molecule has 0 atom stereocenters. The van der Waals surface area contributed by atoms with E-state index in [1.807, 2.05) is 0 Å². The van der Waals surface area contributed by atoms with Crippen LogP contribution in [0.3, 0.4) is 0 Å². The van der Waals surface area contributed by atoms with Crippen LogP contribution in [0.1, 0.15) is 12.8 Å². The third-order valence-electron chi connectivity index (χ3n) is 2.50. The van der Waals surface area contributed by atoms with Gasteiger partial charge in [0.05, 0.1) is 6.54 Å². The Labute approximate surface area is 112 Å². The molecule has 0 spiro atoms. The maximum Gasteiger partial charge on any atom is 0.232 e. The van der Waals surface area contributed by atoms with Gasteiger partial charge in [0, 0.05) is 19.3 Å². The van der Waals surface area contributed by atoms with Crippen LogP contribution in [-0.2, 0) is 0 Å². The molecule has 0 aromatic carbocycles. The number of nitrogens with one attached hydrogen (secondary N) is 2. The summed E-state index contributed by atoms with van der Waals surface area (Å²) in [5, 5.41) is 6.99. The maximum atomic E-state index is 5.93. The molecule has 6 heteroatoms. The smallest absolute Gasteiger partial charge is 0.232 e. The number of nitrogens with zero attached hydrogens (tertiary/aromatic N) is 2. The Kier molecular flexibility index (Phi) is 4.64. The van der Waals surface area contributed by atoms with Crippen molar-refractivity contribution in [2.75, 3.05) is 20.2 Å². The highest BCUT2D eigenvalue weighted by Gasteiger charge is 2.21. The Balaban J connectivity index is 1.67. The second-order valence-corrected chi connectivity index (χ2v) is 4.46. The molecule has 2 N–H and O–H groups in total. The minimum atomic E-state index is 0.464. The van der Waals surface area contributed by atoms with Crippen molar-refractivity contribution >= 4 is 17.6 Å². The summed E-state index contributed by atoms with van der Waals surface area (Å²) in [4.78, 5) is 8.17. The molecule has 1 fully saturated rings. The molecule has 18 heavy (non-hydrogen) atoms. The highest BCUT2D eigenvalue weighted by molar-refractivity contribution is 6.31. The van der Waals surface area contributed by atoms with Crippen LogP contribution in [-0.4, -0.2) is 37.2 Å². The van der Waals surface area contributed by atoms with E-state index in [4.69, 9.17) is 16.3 Å². The third kappa shape index (κ3) is 4.07. The second kappa shape index (κ2) is 6.44. The zero-order chi connectivity index (χ0) is 12.8. The Morgan fingerprint density at radius 1 is 1.61 bits per heavy atom. The molecule has 1 heterocycles. The average molecular weight is 269 g/mol. The van der Waals surface area contributed by atoms with E-state index in [-0.39, 0.29) is 0 Å². The molecule has 0 radical (unpaired) electrons. The SMILES string of the molecule is CN=C(NCCOc1ncccc1Cl)NC1CC1. The molecule has 1 saturated carbocycles. The van der Waals surface area contributed by atoms with Gasteiger partial charge >= 0.3 is 0 Å². The topological polar surface area (TPSA) is 58.5 Å². The van der Waals surface area contributed by atoms with E-state index in [2.05, 4.69) is 20.6 Å². The minimum Gasteiger partial charge on any atom is -0.475 e. The standard InChI is InChI=1S/C12H17ClN4O/c1-14-12(17-9-4-5-9)16-7-8-18-11-10(13)3-2-6-15-11/h2-3,6,9H,4-5,7-8H2,1H3,(H2,14,16,17). The number of pyridine rings is 1. The molecule has 5 nitrogen and oxygen atoms in total. The predicted molar refractivity (Wildman–Crippen MR) is 72.3 cm³/mol. The van der Waals surface area contributed by atoms with E-state index < -0.39 is 0 Å². The van der Waals surface area contributed by atoms with Gasteiger partial charge in [-0.15, -0.1) is 0 Å². The lowest BCUT2D eigenvalue weighted by Gasteiger charge is -2.11. The summed E-state index contributed by atoms with van der Waals surface area (Å²) in [7, 11) is 1.76. The fourth-order valence-electron chi connectivity index (χ4n) is 1.41. The Morgan fingerprint density at radius 2 is 2.44 bits per heavy atom. The van der Waals surface area contributed by atoms with Crippen LogP contribution in [0.2, 0.25) is 5.02 Å². The summed E-state index contributed by atoms with van der Waals surface area (Å²) in [6, 6.07) is 4.11. The second-order valence-electron chi connectivity index (χ2n) is 4.06. The first-order valence-corrected chi connectivity index (χ1v) is 6.38. The molecule has 0 saturated heterocycles. The molecular formula is C12H17ClN4O. The number of aliphatic imine (C=N–C) groups is 1. The lowest BCUT2D eigenvalue weighted by molar-refractivity contribution is 0.310. The lowest BCUT2D eigenvalue weighted by Crippen LogP contribution is -2.40. The molecule has 0 amide bonds. The monoisotopic (exact) mass is 268 g/mol. The van der Waals surface area contributed by atoms with Gasteiger partial charge in [-0.2, -0.15) is 0 Å².